The number of amides is 1. The van der Waals surface area contributed by atoms with Gasteiger partial charge in [0.25, 0.3) is 5.76 Å². The Bertz CT molecular complexity index is 476. The second-order valence-electron chi connectivity index (χ2n) is 5.55. The van der Waals surface area contributed by atoms with Crippen LogP contribution in [0.25, 0.3) is 0 Å². The molecule has 2 rings (SSSR count). The van der Waals surface area contributed by atoms with Crippen molar-refractivity contribution in [3.63, 3.8) is 0 Å². The molecule has 22 heavy (non-hydrogen) atoms. The monoisotopic (exact) mass is 328 g/mol. The maximum absolute atomic E-state index is 12.2. The molecule has 1 aliphatic rings. The second kappa shape index (κ2) is 8.36. The van der Waals surface area contributed by atoms with Crippen molar-refractivity contribution in [2.24, 2.45) is 0 Å². The van der Waals surface area contributed by atoms with Crippen LogP contribution in [0.4, 0.5) is 14.5 Å². The normalized spacial score (nSPS) is 15.8. The van der Waals surface area contributed by atoms with E-state index in [-0.39, 0.29) is 12.5 Å². The molecule has 0 spiro atoms. The fraction of sp³-hybridized carbons (Fsp3) is 0.562. The standard InChI is InChI=1S/C16H22F2N2OS/c1-20(13-5-3-2-4-6-13)15(21)11-19-12-7-9-14(10-8-12)22-16(17)18/h7-10,13,16,19H,2-6,11H2,1H3. The zero-order valence-electron chi connectivity index (χ0n) is 12.7. The number of anilines is 1. The first-order valence-corrected chi connectivity index (χ1v) is 8.48. The van der Waals surface area contributed by atoms with E-state index in [1.807, 2.05) is 11.9 Å². The number of carbonyl (C=O) groups excluding carboxylic acids is 1. The van der Waals surface area contributed by atoms with E-state index in [9.17, 15) is 13.6 Å². The lowest BCUT2D eigenvalue weighted by molar-refractivity contribution is -0.130. The summed E-state index contributed by atoms with van der Waals surface area (Å²) in [6.45, 7) is 0.230. The van der Waals surface area contributed by atoms with Crippen molar-refractivity contribution in [2.45, 2.75) is 48.8 Å². The highest BCUT2D eigenvalue weighted by Crippen LogP contribution is 2.26. The summed E-state index contributed by atoms with van der Waals surface area (Å²) in [7, 11) is 1.86. The molecule has 0 heterocycles. The van der Waals surface area contributed by atoms with Gasteiger partial charge in [-0.25, -0.2) is 0 Å². The van der Waals surface area contributed by atoms with Crippen molar-refractivity contribution in [3.8, 4) is 0 Å². The molecule has 0 radical (unpaired) electrons. The fourth-order valence-corrected chi connectivity index (χ4v) is 3.23. The van der Waals surface area contributed by atoms with Crippen molar-refractivity contribution in [1.29, 1.82) is 0 Å². The number of hydrogen-bond donors (Lipinski definition) is 1. The molecule has 1 aliphatic carbocycles. The molecule has 3 nitrogen and oxygen atoms in total. The Hall–Kier alpha value is -1.30. The first-order chi connectivity index (χ1) is 10.6. The van der Waals surface area contributed by atoms with Crippen molar-refractivity contribution < 1.29 is 13.6 Å². The van der Waals surface area contributed by atoms with Gasteiger partial charge in [-0.2, -0.15) is 8.78 Å². The van der Waals surface area contributed by atoms with Gasteiger partial charge in [0, 0.05) is 23.7 Å². The van der Waals surface area contributed by atoms with Gasteiger partial charge in [0.2, 0.25) is 5.91 Å². The summed E-state index contributed by atoms with van der Waals surface area (Å²) in [5.41, 5.74) is 0.768. The number of alkyl halides is 2. The predicted molar refractivity (Wildman–Crippen MR) is 86.4 cm³/mol. The minimum Gasteiger partial charge on any atom is -0.376 e. The zero-order chi connectivity index (χ0) is 15.9. The predicted octanol–water partition coefficient (Wildman–Crippen LogP) is 4.20. The lowest BCUT2D eigenvalue weighted by Gasteiger charge is -2.31. The Morgan fingerprint density at radius 2 is 1.91 bits per heavy atom. The average Bonchev–Trinajstić information content (AvgIpc) is 2.53. The summed E-state index contributed by atoms with van der Waals surface area (Å²) < 4.78 is 24.5. The van der Waals surface area contributed by atoms with E-state index in [1.54, 1.807) is 24.3 Å². The number of likely N-dealkylation sites (N-methyl/N-ethyl adjacent to an activating group) is 1. The van der Waals surface area contributed by atoms with Crippen molar-refractivity contribution in [1.82, 2.24) is 4.90 Å². The molecule has 0 aliphatic heterocycles. The molecule has 0 atom stereocenters. The summed E-state index contributed by atoms with van der Waals surface area (Å²) in [5, 5.41) is 3.06. The van der Waals surface area contributed by atoms with Crippen molar-refractivity contribution >= 4 is 23.4 Å². The maximum Gasteiger partial charge on any atom is 0.288 e. The van der Waals surface area contributed by atoms with Crippen LogP contribution in [0, 0.1) is 0 Å². The molecular formula is C16H22F2N2OS. The van der Waals surface area contributed by atoms with Gasteiger partial charge in [0.15, 0.2) is 0 Å². The van der Waals surface area contributed by atoms with E-state index in [0.29, 0.717) is 22.7 Å². The second-order valence-corrected chi connectivity index (χ2v) is 6.62. The lowest BCUT2D eigenvalue weighted by atomic mass is 9.94. The highest BCUT2D eigenvalue weighted by molar-refractivity contribution is 7.99. The third-order valence-corrected chi connectivity index (χ3v) is 4.76. The van der Waals surface area contributed by atoms with Crippen LogP contribution in [0.5, 0.6) is 0 Å². The first kappa shape index (κ1) is 17.1. The molecule has 1 aromatic carbocycles. The Labute approximate surface area is 134 Å². The average molecular weight is 328 g/mol. The van der Waals surface area contributed by atoms with Crippen molar-refractivity contribution in [2.75, 3.05) is 18.9 Å². The van der Waals surface area contributed by atoms with Crippen molar-refractivity contribution in [3.05, 3.63) is 24.3 Å². The number of nitrogens with one attached hydrogen (secondary N) is 1. The Morgan fingerprint density at radius 3 is 2.50 bits per heavy atom. The summed E-state index contributed by atoms with van der Waals surface area (Å²) in [6, 6.07) is 7.06. The van der Waals surface area contributed by atoms with Crippen LogP contribution in [0.1, 0.15) is 32.1 Å². The van der Waals surface area contributed by atoms with Gasteiger partial charge >= 0.3 is 0 Å². The van der Waals surface area contributed by atoms with E-state index in [1.165, 1.54) is 19.3 Å². The van der Waals surface area contributed by atoms with Gasteiger partial charge in [0.05, 0.1) is 6.54 Å². The van der Waals surface area contributed by atoms with Crippen LogP contribution in [0.3, 0.4) is 0 Å². The number of thioether (sulfide) groups is 1. The molecule has 1 N–H and O–H groups in total. The number of hydrogen-bond acceptors (Lipinski definition) is 3. The van der Waals surface area contributed by atoms with Crippen LogP contribution in [-0.4, -0.2) is 36.2 Å². The molecule has 1 saturated carbocycles. The molecule has 0 saturated heterocycles. The number of nitrogens with zero attached hydrogens (tertiary/aromatic N) is 1. The van der Waals surface area contributed by atoms with Crippen LogP contribution >= 0.6 is 11.8 Å². The molecule has 1 amide bonds. The van der Waals surface area contributed by atoms with Gasteiger partial charge in [-0.3, -0.25) is 4.79 Å². The number of halogens is 2. The minimum absolute atomic E-state index is 0.0675. The van der Waals surface area contributed by atoms with Gasteiger partial charge in [-0.05, 0) is 37.1 Å². The molecule has 0 aromatic heterocycles. The molecule has 0 bridgehead atoms. The first-order valence-electron chi connectivity index (χ1n) is 7.60. The largest absolute Gasteiger partial charge is 0.376 e. The number of rotatable bonds is 6. The molecule has 6 heteroatoms. The van der Waals surface area contributed by atoms with Crippen LogP contribution in [0.15, 0.2) is 29.2 Å². The van der Waals surface area contributed by atoms with Crippen LogP contribution in [0.2, 0.25) is 0 Å². The van der Waals surface area contributed by atoms with Gasteiger partial charge < -0.3 is 10.2 Å². The smallest absolute Gasteiger partial charge is 0.288 e. The SMILES string of the molecule is CN(C(=O)CNc1ccc(SC(F)F)cc1)C1CCCCC1. The van der Waals surface area contributed by atoms with E-state index >= 15 is 0 Å². The van der Waals surface area contributed by atoms with Gasteiger partial charge in [0.1, 0.15) is 0 Å². The molecule has 122 valence electrons. The quantitative estimate of drug-likeness (QED) is 0.794. The number of carbonyl (C=O) groups is 1. The molecule has 0 unspecified atom stereocenters. The summed E-state index contributed by atoms with van der Waals surface area (Å²) in [6.07, 6.45) is 5.82. The lowest BCUT2D eigenvalue weighted by Crippen LogP contribution is -2.41. The Kier molecular flexibility index (Phi) is 6.49. The topological polar surface area (TPSA) is 32.3 Å². The molecule has 1 fully saturated rings. The van der Waals surface area contributed by atoms with Crippen LogP contribution in [-0.2, 0) is 4.79 Å². The maximum atomic E-state index is 12.2. The van der Waals surface area contributed by atoms with E-state index in [2.05, 4.69) is 5.32 Å². The third-order valence-electron chi connectivity index (χ3n) is 4.04. The Morgan fingerprint density at radius 1 is 1.27 bits per heavy atom. The fourth-order valence-electron chi connectivity index (χ4n) is 2.73. The summed E-state index contributed by atoms with van der Waals surface area (Å²) in [5.74, 6) is -2.34. The van der Waals surface area contributed by atoms with Gasteiger partial charge in [-0.15, -0.1) is 0 Å². The highest BCUT2D eigenvalue weighted by Gasteiger charge is 2.21. The number of benzene rings is 1. The third kappa shape index (κ3) is 5.16. The van der Waals surface area contributed by atoms with Gasteiger partial charge in [-0.1, -0.05) is 31.0 Å². The summed E-state index contributed by atoms with van der Waals surface area (Å²) >= 11 is 0.519. The molecule has 1 aromatic rings. The zero-order valence-corrected chi connectivity index (χ0v) is 13.5. The summed E-state index contributed by atoms with van der Waals surface area (Å²) in [4.78, 5) is 14.5. The highest BCUT2D eigenvalue weighted by atomic mass is 32.2. The van der Waals surface area contributed by atoms with Crippen LogP contribution < -0.4 is 5.32 Å². The molecular weight excluding hydrogens is 306 g/mol. The van der Waals surface area contributed by atoms with E-state index in [0.717, 1.165) is 18.5 Å². The minimum atomic E-state index is -2.41. The van der Waals surface area contributed by atoms with E-state index < -0.39 is 5.76 Å². The van der Waals surface area contributed by atoms with E-state index in [4.69, 9.17) is 0 Å². The Balaban J connectivity index is 1.80.